The number of fused-ring (bicyclic) bond motifs is 2. The summed E-state index contributed by atoms with van der Waals surface area (Å²) in [5, 5.41) is -1.02. The first-order valence-electron chi connectivity index (χ1n) is 12.3. The maximum Gasteiger partial charge on any atom is 0.323 e. The summed E-state index contributed by atoms with van der Waals surface area (Å²) in [5.41, 5.74) is 2.58. The third-order valence-electron chi connectivity index (χ3n) is 6.55. The Morgan fingerprint density at radius 1 is 0.886 bits per heavy atom. The van der Waals surface area contributed by atoms with Crippen molar-refractivity contribution in [1.82, 2.24) is 0 Å². The highest BCUT2D eigenvalue weighted by Gasteiger charge is 2.60. The number of hydrogen-bond acceptors (Lipinski definition) is 4. The number of hydrogen-bond donors (Lipinski definition) is 0. The molecule has 1 aliphatic heterocycles. The van der Waals surface area contributed by atoms with Crippen molar-refractivity contribution in [2.75, 3.05) is 0 Å². The van der Waals surface area contributed by atoms with Gasteiger partial charge >= 0.3 is 5.97 Å². The molecule has 3 aromatic carbocycles. The van der Waals surface area contributed by atoms with Crippen LogP contribution in [-0.2, 0) is 15.2 Å². The Kier molecular flexibility index (Phi) is 6.49. The summed E-state index contributed by atoms with van der Waals surface area (Å²) in [6.45, 7) is 17.5. The van der Waals surface area contributed by atoms with E-state index in [2.05, 4.69) is 59.6 Å². The van der Waals surface area contributed by atoms with Crippen LogP contribution in [0.1, 0.15) is 37.5 Å². The van der Waals surface area contributed by atoms with Crippen LogP contribution < -0.4 is 13.9 Å². The lowest BCUT2D eigenvalue weighted by molar-refractivity contribution is -0.137. The van der Waals surface area contributed by atoms with Gasteiger partial charge in [-0.15, -0.1) is 0 Å². The maximum atomic E-state index is 14.6. The van der Waals surface area contributed by atoms with Crippen LogP contribution in [0.3, 0.4) is 0 Å². The first kappa shape index (κ1) is 25.3. The van der Waals surface area contributed by atoms with E-state index in [4.69, 9.17) is 13.9 Å². The van der Waals surface area contributed by atoms with Gasteiger partial charge in [0.15, 0.2) is 0 Å². The van der Waals surface area contributed by atoms with Crippen molar-refractivity contribution in [3.63, 3.8) is 0 Å². The van der Waals surface area contributed by atoms with Crippen molar-refractivity contribution >= 4 is 23.1 Å². The number of rotatable bonds is 5. The molecule has 0 bridgehead atoms. The second kappa shape index (κ2) is 8.99. The van der Waals surface area contributed by atoms with E-state index in [1.807, 2.05) is 60.7 Å². The zero-order valence-corrected chi connectivity index (χ0v) is 24.2. The second-order valence-corrected chi connectivity index (χ2v) is 19.1. The molecule has 0 saturated heterocycles. The minimum absolute atomic E-state index is 0.181. The number of para-hydroxylation sites is 2. The largest absolute Gasteiger partial charge is 0.546 e. The predicted molar refractivity (Wildman–Crippen MR) is 147 cm³/mol. The van der Waals surface area contributed by atoms with E-state index in [0.717, 1.165) is 22.4 Å². The highest BCUT2D eigenvalue weighted by molar-refractivity contribution is 6.83. The molecule has 0 saturated carbocycles. The fourth-order valence-electron chi connectivity index (χ4n) is 5.04. The van der Waals surface area contributed by atoms with Gasteiger partial charge in [-0.3, -0.25) is 4.79 Å². The quantitative estimate of drug-likeness (QED) is 0.209. The third-order valence-corrected chi connectivity index (χ3v) is 10.2. The minimum atomic E-state index is -2.41. The average Bonchev–Trinajstić information content (AvgIpc) is 2.76. The Bertz CT molecular complexity index is 1240. The number of carbonyl (C=O) groups is 1. The highest BCUT2D eigenvalue weighted by atomic mass is 28.3. The van der Waals surface area contributed by atoms with E-state index in [-0.39, 0.29) is 11.4 Å². The molecule has 0 spiro atoms. The zero-order chi connectivity index (χ0) is 25.6. The molecule has 35 heavy (non-hydrogen) atoms. The Labute approximate surface area is 212 Å². The minimum Gasteiger partial charge on any atom is -0.546 e. The monoisotopic (exact) mass is 504 g/mol. The van der Waals surface area contributed by atoms with Gasteiger partial charge in [0.05, 0.1) is 13.6 Å². The molecule has 6 heteroatoms. The number of ether oxygens (including phenoxy) is 2. The van der Waals surface area contributed by atoms with Gasteiger partial charge in [0, 0.05) is 5.56 Å². The first-order valence-corrected chi connectivity index (χ1v) is 18.5. The molecular weight excluding hydrogens is 468 g/mol. The smallest absolute Gasteiger partial charge is 0.323 e. The first-order chi connectivity index (χ1) is 16.4. The lowest BCUT2D eigenvalue weighted by Crippen LogP contribution is -2.59. The fourth-order valence-corrected chi connectivity index (χ4v) is 8.42. The van der Waals surface area contributed by atoms with Crippen molar-refractivity contribution in [1.29, 1.82) is 0 Å². The molecule has 0 amide bonds. The molecule has 3 aromatic rings. The van der Waals surface area contributed by atoms with Gasteiger partial charge in [0.25, 0.3) is 0 Å². The molecule has 4 nitrogen and oxygen atoms in total. The van der Waals surface area contributed by atoms with E-state index < -0.39 is 22.2 Å². The number of benzene rings is 3. The van der Waals surface area contributed by atoms with Gasteiger partial charge in [0.2, 0.25) is 9.04 Å². The molecule has 184 valence electrons. The molecule has 0 fully saturated rings. The van der Waals surface area contributed by atoms with Crippen LogP contribution in [0.4, 0.5) is 0 Å². The number of esters is 1. The van der Waals surface area contributed by atoms with Gasteiger partial charge in [-0.05, 0) is 48.3 Å². The Hall–Kier alpha value is -2.84. The van der Waals surface area contributed by atoms with E-state index in [1.54, 1.807) is 0 Å². The van der Waals surface area contributed by atoms with Gasteiger partial charge in [-0.1, -0.05) is 82.9 Å². The topological polar surface area (TPSA) is 44.8 Å². The fraction of sp³-hybridized carbons (Fsp3) is 0.345. The molecule has 1 unspecified atom stereocenters. The van der Waals surface area contributed by atoms with Crippen LogP contribution in [0.2, 0.25) is 32.7 Å². The molecular formula is C29H36O4Si2. The highest BCUT2D eigenvalue weighted by Crippen LogP contribution is 2.58. The summed E-state index contributed by atoms with van der Waals surface area (Å²) in [5.74, 6) is 2.42. The summed E-state index contributed by atoms with van der Waals surface area (Å²) in [6.07, 6.45) is 0. The van der Waals surface area contributed by atoms with E-state index >= 15 is 0 Å². The summed E-state index contributed by atoms with van der Waals surface area (Å²) in [7, 11) is -3.95. The van der Waals surface area contributed by atoms with Crippen molar-refractivity contribution in [3.05, 3.63) is 83.4 Å². The maximum absolute atomic E-state index is 14.6. The number of carbonyl (C=O) groups excluding carboxylic acids is 1. The summed E-state index contributed by atoms with van der Waals surface area (Å²) in [4.78, 5) is 14.6. The molecule has 0 N–H and O–H groups in total. The van der Waals surface area contributed by atoms with Crippen LogP contribution in [0.25, 0.3) is 0 Å². The van der Waals surface area contributed by atoms with E-state index in [0.29, 0.717) is 17.2 Å². The van der Waals surface area contributed by atoms with E-state index in [9.17, 15) is 4.79 Å². The lowest BCUT2D eigenvalue weighted by Gasteiger charge is -2.47. The predicted octanol–water partition coefficient (Wildman–Crippen LogP) is 7.22. The standard InChI is InChI=1S/C29H36O4Si2/c1-28(2,3)22-18-19-24-25(26(22)33-34(4)5)29(35(6,7)8,21-16-12-13-17-23(21)32-24)27(30)31-20-14-10-9-11-15-20/h9-19,34H,1-8H3. The Morgan fingerprint density at radius 2 is 1.51 bits per heavy atom. The van der Waals surface area contributed by atoms with Crippen molar-refractivity contribution in [3.8, 4) is 23.0 Å². The van der Waals surface area contributed by atoms with Crippen LogP contribution in [0.15, 0.2) is 66.7 Å². The van der Waals surface area contributed by atoms with Crippen LogP contribution in [0, 0.1) is 0 Å². The second-order valence-electron chi connectivity index (χ2n) is 11.5. The normalized spacial score (nSPS) is 17.3. The third kappa shape index (κ3) is 4.34. The molecule has 0 radical (unpaired) electrons. The molecule has 0 aliphatic carbocycles. The average molecular weight is 505 g/mol. The molecule has 4 rings (SSSR count). The van der Waals surface area contributed by atoms with Crippen molar-refractivity contribution < 1.29 is 18.7 Å². The molecule has 1 aliphatic rings. The van der Waals surface area contributed by atoms with Gasteiger partial charge < -0.3 is 13.9 Å². The Morgan fingerprint density at radius 3 is 2.11 bits per heavy atom. The molecule has 0 aromatic heterocycles. The zero-order valence-electron chi connectivity index (χ0n) is 22.1. The summed E-state index contributed by atoms with van der Waals surface area (Å²) < 4.78 is 19.4. The lowest BCUT2D eigenvalue weighted by atomic mass is 9.79. The van der Waals surface area contributed by atoms with Crippen LogP contribution >= 0.6 is 0 Å². The van der Waals surface area contributed by atoms with Gasteiger partial charge in [0.1, 0.15) is 28.0 Å². The summed E-state index contributed by atoms with van der Waals surface area (Å²) >= 11 is 0. The SMILES string of the molecule is C[SiH](C)Oc1c(C(C)(C)C)ccc2c1C(C(=O)Oc1ccccc1)([Si](C)(C)C)c1ccccc1O2. The van der Waals surface area contributed by atoms with Crippen LogP contribution in [0.5, 0.6) is 23.0 Å². The molecule has 1 atom stereocenters. The van der Waals surface area contributed by atoms with E-state index in [1.165, 1.54) is 0 Å². The van der Waals surface area contributed by atoms with Crippen molar-refractivity contribution in [2.24, 2.45) is 0 Å². The van der Waals surface area contributed by atoms with Crippen LogP contribution in [-0.4, -0.2) is 23.1 Å². The van der Waals surface area contributed by atoms with Gasteiger partial charge in [-0.25, -0.2) is 0 Å². The Balaban J connectivity index is 2.12. The summed E-state index contributed by atoms with van der Waals surface area (Å²) in [6, 6.07) is 21.3. The molecule has 1 heterocycles. The van der Waals surface area contributed by atoms with Gasteiger partial charge in [-0.2, -0.15) is 0 Å². The van der Waals surface area contributed by atoms with Crippen molar-refractivity contribution in [2.45, 2.75) is 64.0 Å².